The Morgan fingerprint density at radius 1 is 0.957 bits per heavy atom. The van der Waals surface area contributed by atoms with Crippen LogP contribution >= 0.6 is 11.6 Å². The van der Waals surface area contributed by atoms with E-state index in [0.29, 0.717) is 16.8 Å². The van der Waals surface area contributed by atoms with Crippen molar-refractivity contribution >= 4 is 35.1 Å². The van der Waals surface area contributed by atoms with Crippen LogP contribution < -0.4 is 0 Å². The maximum Gasteiger partial charge on any atom is 0.270 e. The Balaban J connectivity index is 1.91. The molecule has 0 atom stereocenters. The lowest BCUT2D eigenvalue weighted by molar-refractivity contribution is -0.113. The Morgan fingerprint density at radius 3 is 2.35 bits per heavy atom. The van der Waals surface area contributed by atoms with Gasteiger partial charge in [0.05, 0.1) is 10.7 Å². The van der Waals surface area contributed by atoms with Crippen LogP contribution in [0.5, 0.6) is 0 Å². The van der Waals surface area contributed by atoms with E-state index in [1.807, 2.05) is 30.3 Å². The van der Waals surface area contributed by atoms with Crippen molar-refractivity contribution in [3.05, 3.63) is 88.5 Å². The van der Waals surface area contributed by atoms with Crippen molar-refractivity contribution in [1.82, 2.24) is 0 Å². The summed E-state index contributed by atoms with van der Waals surface area (Å²) in [7, 11) is 0. The number of carbonyl (C=O) groups excluding carboxylic acids is 2. The Bertz CT molecular complexity index is 864. The van der Waals surface area contributed by atoms with Gasteiger partial charge in [-0.05, 0) is 17.7 Å². The molecule has 112 valence electrons. The van der Waals surface area contributed by atoms with Gasteiger partial charge in [-0.2, -0.15) is 0 Å². The fourth-order valence-electron chi connectivity index (χ4n) is 2.28. The van der Waals surface area contributed by atoms with Crippen molar-refractivity contribution in [3.63, 3.8) is 0 Å². The molecule has 0 aliphatic heterocycles. The summed E-state index contributed by atoms with van der Waals surface area (Å²) in [6.07, 6.45) is 4.52. The van der Waals surface area contributed by atoms with E-state index in [-0.39, 0.29) is 10.8 Å². The number of rotatable bonds is 2. The number of carbonyl (C=O) groups is 2. The zero-order valence-electron chi connectivity index (χ0n) is 12.1. The lowest BCUT2D eigenvalue weighted by Crippen LogP contribution is -2.16. The van der Waals surface area contributed by atoms with Gasteiger partial charge in [-0.3, -0.25) is 9.59 Å². The molecule has 4 heteroatoms. The standard InChI is InChI=1S/C19H12ClNO2/c20-16-12-17(14-8-4-5-9-15(14)19(16)23)21-18(22)11-10-13-6-2-1-3-7-13/h1-12H. The first kappa shape index (κ1) is 15.1. The van der Waals surface area contributed by atoms with Crippen LogP contribution in [0.25, 0.3) is 6.08 Å². The maximum atomic E-state index is 12.1. The molecule has 0 saturated carbocycles. The van der Waals surface area contributed by atoms with Gasteiger partial charge in [0.1, 0.15) is 0 Å². The van der Waals surface area contributed by atoms with Crippen molar-refractivity contribution in [2.45, 2.75) is 0 Å². The van der Waals surface area contributed by atoms with E-state index in [1.165, 1.54) is 12.2 Å². The minimum atomic E-state index is -0.409. The van der Waals surface area contributed by atoms with Gasteiger partial charge in [0.15, 0.2) is 0 Å². The minimum absolute atomic E-state index is 0.0577. The number of halogens is 1. The van der Waals surface area contributed by atoms with Crippen molar-refractivity contribution in [2.24, 2.45) is 4.99 Å². The molecule has 0 spiro atoms. The van der Waals surface area contributed by atoms with Crippen LogP contribution in [0.15, 0.2) is 76.8 Å². The first-order valence-corrected chi connectivity index (χ1v) is 7.40. The first-order chi connectivity index (χ1) is 11.1. The number of allylic oxidation sites excluding steroid dienone is 2. The van der Waals surface area contributed by atoms with E-state index in [1.54, 1.807) is 30.3 Å². The SMILES string of the molecule is O=C(C=Cc1ccccc1)N=C1C=C(Cl)C(=O)c2ccccc21. The molecule has 1 aliphatic rings. The van der Waals surface area contributed by atoms with Gasteiger partial charge in [-0.25, -0.2) is 4.99 Å². The third-order valence-electron chi connectivity index (χ3n) is 3.38. The van der Waals surface area contributed by atoms with E-state index < -0.39 is 5.91 Å². The molecule has 23 heavy (non-hydrogen) atoms. The second kappa shape index (κ2) is 6.55. The lowest BCUT2D eigenvalue weighted by atomic mass is 9.94. The molecule has 0 fully saturated rings. The summed E-state index contributed by atoms with van der Waals surface area (Å²) < 4.78 is 0. The number of amides is 1. The summed E-state index contributed by atoms with van der Waals surface area (Å²) in [5.74, 6) is -0.665. The molecular formula is C19H12ClNO2. The van der Waals surface area contributed by atoms with Gasteiger partial charge in [-0.1, -0.05) is 66.2 Å². The highest BCUT2D eigenvalue weighted by molar-refractivity contribution is 6.49. The Hall–Kier alpha value is -2.78. The average Bonchev–Trinajstić information content (AvgIpc) is 2.58. The third kappa shape index (κ3) is 3.35. The van der Waals surface area contributed by atoms with E-state index in [0.717, 1.165) is 5.56 Å². The number of fused-ring (bicyclic) bond motifs is 1. The number of hydrogen-bond acceptors (Lipinski definition) is 2. The van der Waals surface area contributed by atoms with Gasteiger partial charge in [-0.15, -0.1) is 0 Å². The van der Waals surface area contributed by atoms with Crippen molar-refractivity contribution in [3.8, 4) is 0 Å². The van der Waals surface area contributed by atoms with E-state index in [2.05, 4.69) is 4.99 Å². The second-order valence-electron chi connectivity index (χ2n) is 4.95. The van der Waals surface area contributed by atoms with Gasteiger partial charge in [0.2, 0.25) is 5.78 Å². The molecule has 1 amide bonds. The zero-order valence-corrected chi connectivity index (χ0v) is 12.8. The quantitative estimate of drug-likeness (QED) is 0.784. The molecule has 0 N–H and O–H groups in total. The Morgan fingerprint density at radius 2 is 1.61 bits per heavy atom. The largest absolute Gasteiger partial charge is 0.288 e. The normalized spacial score (nSPS) is 15.6. The van der Waals surface area contributed by atoms with Crippen molar-refractivity contribution in [1.29, 1.82) is 0 Å². The van der Waals surface area contributed by atoms with Gasteiger partial charge < -0.3 is 0 Å². The molecule has 0 aromatic heterocycles. The second-order valence-corrected chi connectivity index (χ2v) is 5.35. The highest BCUT2D eigenvalue weighted by Crippen LogP contribution is 2.23. The molecule has 0 saturated heterocycles. The highest BCUT2D eigenvalue weighted by atomic mass is 35.5. The van der Waals surface area contributed by atoms with Crippen molar-refractivity contribution < 1.29 is 9.59 Å². The van der Waals surface area contributed by atoms with Crippen LogP contribution in [-0.2, 0) is 4.79 Å². The molecule has 1 aliphatic carbocycles. The van der Waals surface area contributed by atoms with Gasteiger partial charge in [0, 0.05) is 17.2 Å². The molecular weight excluding hydrogens is 310 g/mol. The molecule has 3 nitrogen and oxygen atoms in total. The summed E-state index contributed by atoms with van der Waals surface area (Å²) in [5, 5.41) is 0.0577. The molecule has 0 heterocycles. The number of Topliss-reactive ketones (excluding diaryl/α,β-unsaturated/α-hetero) is 1. The number of ketones is 1. The maximum absolute atomic E-state index is 12.1. The highest BCUT2D eigenvalue weighted by Gasteiger charge is 2.22. The lowest BCUT2D eigenvalue weighted by Gasteiger charge is -2.13. The molecule has 0 radical (unpaired) electrons. The Kier molecular flexibility index (Phi) is 4.31. The molecule has 2 aromatic carbocycles. The number of nitrogens with zero attached hydrogens (tertiary/aromatic N) is 1. The summed E-state index contributed by atoms with van der Waals surface area (Å²) >= 11 is 5.95. The predicted octanol–water partition coefficient (Wildman–Crippen LogP) is 4.03. The summed E-state index contributed by atoms with van der Waals surface area (Å²) in [4.78, 5) is 28.1. The minimum Gasteiger partial charge on any atom is -0.288 e. The van der Waals surface area contributed by atoms with Crippen LogP contribution in [0.2, 0.25) is 0 Å². The van der Waals surface area contributed by atoms with Crippen LogP contribution in [0.4, 0.5) is 0 Å². The predicted molar refractivity (Wildman–Crippen MR) is 91.7 cm³/mol. The van der Waals surface area contributed by atoms with Gasteiger partial charge in [0.25, 0.3) is 5.91 Å². The Labute approximate surface area is 138 Å². The van der Waals surface area contributed by atoms with E-state index >= 15 is 0 Å². The first-order valence-electron chi connectivity index (χ1n) is 7.02. The third-order valence-corrected chi connectivity index (χ3v) is 3.66. The zero-order chi connectivity index (χ0) is 16.2. The molecule has 0 bridgehead atoms. The number of hydrogen-bond donors (Lipinski definition) is 0. The summed E-state index contributed by atoms with van der Waals surface area (Å²) in [5.41, 5.74) is 2.38. The fraction of sp³-hybridized carbons (Fsp3) is 0. The van der Waals surface area contributed by atoms with Gasteiger partial charge >= 0.3 is 0 Å². The van der Waals surface area contributed by atoms with E-state index in [4.69, 9.17) is 11.6 Å². The number of aliphatic imine (C=N–C) groups is 1. The van der Waals surface area contributed by atoms with Crippen LogP contribution in [0.1, 0.15) is 21.5 Å². The average molecular weight is 322 g/mol. The summed E-state index contributed by atoms with van der Waals surface area (Å²) in [6, 6.07) is 16.4. The topological polar surface area (TPSA) is 46.5 Å². The molecule has 3 rings (SSSR count). The summed E-state index contributed by atoms with van der Waals surface area (Å²) in [6.45, 7) is 0. The van der Waals surface area contributed by atoms with Crippen LogP contribution in [0, 0.1) is 0 Å². The smallest absolute Gasteiger partial charge is 0.270 e. The monoisotopic (exact) mass is 321 g/mol. The van der Waals surface area contributed by atoms with Crippen molar-refractivity contribution in [2.75, 3.05) is 0 Å². The number of benzene rings is 2. The molecule has 2 aromatic rings. The molecule has 0 unspecified atom stereocenters. The van der Waals surface area contributed by atoms with Crippen LogP contribution in [0.3, 0.4) is 0 Å². The fourth-order valence-corrected chi connectivity index (χ4v) is 2.48. The van der Waals surface area contributed by atoms with E-state index in [9.17, 15) is 9.59 Å². The van der Waals surface area contributed by atoms with Crippen LogP contribution in [-0.4, -0.2) is 17.4 Å².